The van der Waals surface area contributed by atoms with E-state index in [-0.39, 0.29) is 17.9 Å². The zero-order chi connectivity index (χ0) is 20.9. The van der Waals surface area contributed by atoms with E-state index in [1.54, 1.807) is 42.5 Å². The van der Waals surface area contributed by atoms with E-state index in [1.165, 1.54) is 18.9 Å². The number of rotatable bonds is 5. The third kappa shape index (κ3) is 4.94. The molecule has 1 aliphatic heterocycles. The van der Waals surface area contributed by atoms with Crippen LogP contribution in [0.5, 0.6) is 11.5 Å². The van der Waals surface area contributed by atoms with Gasteiger partial charge in [0.15, 0.2) is 11.5 Å². The van der Waals surface area contributed by atoms with Crippen LogP contribution in [0.4, 0.5) is 5.69 Å². The summed E-state index contributed by atoms with van der Waals surface area (Å²) >= 11 is 6.21. The van der Waals surface area contributed by atoms with E-state index < -0.39 is 0 Å². The Kier molecular flexibility index (Phi) is 6.23. The lowest BCUT2D eigenvalue weighted by Crippen LogP contribution is -2.32. The van der Waals surface area contributed by atoms with Crippen molar-refractivity contribution in [3.8, 4) is 11.5 Å². The molecule has 2 aromatic carbocycles. The molecule has 0 atom stereocenters. The molecule has 2 aliphatic rings. The van der Waals surface area contributed by atoms with Crippen LogP contribution in [0.25, 0.3) is 6.08 Å². The first-order valence-corrected chi connectivity index (χ1v) is 10.5. The fraction of sp³-hybridized carbons (Fsp3) is 0.304. The van der Waals surface area contributed by atoms with Gasteiger partial charge in [-0.3, -0.25) is 9.59 Å². The van der Waals surface area contributed by atoms with E-state index in [0.29, 0.717) is 41.0 Å². The Morgan fingerprint density at radius 2 is 1.77 bits per heavy atom. The Morgan fingerprint density at radius 3 is 2.53 bits per heavy atom. The van der Waals surface area contributed by atoms with Crippen LogP contribution in [0.2, 0.25) is 5.02 Å². The van der Waals surface area contributed by atoms with Crippen molar-refractivity contribution in [3.05, 3.63) is 58.6 Å². The van der Waals surface area contributed by atoms with Crippen molar-refractivity contribution in [3.63, 3.8) is 0 Å². The maximum absolute atomic E-state index is 12.3. The second kappa shape index (κ2) is 9.22. The molecule has 7 heteroatoms. The van der Waals surface area contributed by atoms with Crippen molar-refractivity contribution in [2.45, 2.75) is 31.7 Å². The Morgan fingerprint density at radius 1 is 1.03 bits per heavy atom. The molecule has 0 aromatic heterocycles. The number of benzene rings is 2. The van der Waals surface area contributed by atoms with E-state index in [9.17, 15) is 9.59 Å². The maximum Gasteiger partial charge on any atom is 0.251 e. The largest absolute Gasteiger partial charge is 0.486 e. The minimum atomic E-state index is -0.288. The Hall–Kier alpha value is -2.99. The molecule has 156 valence electrons. The zero-order valence-electron chi connectivity index (χ0n) is 16.4. The number of ether oxygens (including phenoxy) is 2. The number of hydrogen-bond acceptors (Lipinski definition) is 4. The quantitative estimate of drug-likeness (QED) is 0.693. The van der Waals surface area contributed by atoms with Gasteiger partial charge < -0.3 is 20.1 Å². The minimum Gasteiger partial charge on any atom is -0.486 e. The number of hydrogen-bond donors (Lipinski definition) is 2. The van der Waals surface area contributed by atoms with Crippen LogP contribution in [0.1, 0.15) is 41.6 Å². The average Bonchev–Trinajstić information content (AvgIpc) is 3.26. The van der Waals surface area contributed by atoms with Crippen LogP contribution in [0, 0.1) is 0 Å². The SMILES string of the molecule is O=C(/C=C/c1cc(Cl)c2c(c1)OCCO2)Nc1ccc(C(=O)NC2CCCC2)cc1. The summed E-state index contributed by atoms with van der Waals surface area (Å²) in [6.45, 7) is 0.928. The monoisotopic (exact) mass is 426 g/mol. The summed E-state index contributed by atoms with van der Waals surface area (Å²) in [5.41, 5.74) is 1.93. The number of halogens is 1. The predicted octanol–water partition coefficient (Wildman–Crippen LogP) is 4.44. The smallest absolute Gasteiger partial charge is 0.251 e. The van der Waals surface area contributed by atoms with Gasteiger partial charge in [0.05, 0.1) is 5.02 Å². The Bertz CT molecular complexity index is 966. The topological polar surface area (TPSA) is 76.7 Å². The second-order valence-corrected chi connectivity index (χ2v) is 7.79. The lowest BCUT2D eigenvalue weighted by Gasteiger charge is -2.19. The molecule has 2 N–H and O–H groups in total. The van der Waals surface area contributed by atoms with Gasteiger partial charge in [0.1, 0.15) is 13.2 Å². The molecule has 0 bridgehead atoms. The van der Waals surface area contributed by atoms with Crippen LogP contribution >= 0.6 is 11.6 Å². The number of amides is 2. The highest BCUT2D eigenvalue weighted by Crippen LogP contribution is 2.38. The predicted molar refractivity (Wildman–Crippen MR) is 116 cm³/mol. The van der Waals surface area contributed by atoms with E-state index >= 15 is 0 Å². The van der Waals surface area contributed by atoms with Gasteiger partial charge in [0.25, 0.3) is 5.91 Å². The van der Waals surface area contributed by atoms with E-state index in [4.69, 9.17) is 21.1 Å². The first kappa shape index (κ1) is 20.3. The summed E-state index contributed by atoms with van der Waals surface area (Å²) in [5.74, 6) is 0.737. The second-order valence-electron chi connectivity index (χ2n) is 7.38. The summed E-state index contributed by atoms with van der Waals surface area (Å²) in [7, 11) is 0. The lowest BCUT2D eigenvalue weighted by molar-refractivity contribution is -0.111. The molecular formula is C23H23ClN2O4. The molecule has 30 heavy (non-hydrogen) atoms. The van der Waals surface area contributed by atoms with Gasteiger partial charge in [-0.1, -0.05) is 24.4 Å². The summed E-state index contributed by atoms with van der Waals surface area (Å²) in [6.07, 6.45) is 7.50. The van der Waals surface area contributed by atoms with Crippen molar-refractivity contribution in [1.29, 1.82) is 0 Å². The van der Waals surface area contributed by atoms with Gasteiger partial charge in [-0.2, -0.15) is 0 Å². The summed E-state index contributed by atoms with van der Waals surface area (Å²) in [4.78, 5) is 24.5. The highest BCUT2D eigenvalue weighted by Gasteiger charge is 2.18. The summed E-state index contributed by atoms with van der Waals surface area (Å²) in [5, 5.41) is 6.28. The first-order chi connectivity index (χ1) is 14.6. The van der Waals surface area contributed by atoms with Crippen LogP contribution in [-0.4, -0.2) is 31.1 Å². The van der Waals surface area contributed by atoms with Crippen molar-refractivity contribution < 1.29 is 19.1 Å². The fourth-order valence-corrected chi connectivity index (χ4v) is 3.90. The highest BCUT2D eigenvalue weighted by molar-refractivity contribution is 6.32. The number of carbonyl (C=O) groups excluding carboxylic acids is 2. The zero-order valence-corrected chi connectivity index (χ0v) is 17.2. The Labute approximate surface area is 180 Å². The molecule has 1 heterocycles. The number of carbonyl (C=O) groups is 2. The normalized spacial score (nSPS) is 15.9. The minimum absolute atomic E-state index is 0.0739. The first-order valence-electron chi connectivity index (χ1n) is 10.1. The van der Waals surface area contributed by atoms with Crippen LogP contribution in [-0.2, 0) is 4.79 Å². The van der Waals surface area contributed by atoms with E-state index in [2.05, 4.69) is 10.6 Å². The molecule has 4 rings (SSSR count). The lowest BCUT2D eigenvalue weighted by atomic mass is 10.1. The van der Waals surface area contributed by atoms with Gasteiger partial charge in [-0.15, -0.1) is 0 Å². The third-order valence-corrected chi connectivity index (χ3v) is 5.43. The van der Waals surface area contributed by atoms with Crippen LogP contribution in [0.3, 0.4) is 0 Å². The molecule has 0 unspecified atom stereocenters. The molecule has 0 saturated heterocycles. The standard InChI is InChI=1S/C23H23ClN2O4/c24-19-13-15(14-20-22(19)30-12-11-29-20)5-10-21(27)25-18-8-6-16(7-9-18)23(28)26-17-3-1-2-4-17/h5-10,13-14,17H,1-4,11-12H2,(H,25,27)(H,26,28)/b10-5+. The van der Waals surface area contributed by atoms with Gasteiger partial charge in [-0.05, 0) is 60.9 Å². The summed E-state index contributed by atoms with van der Waals surface area (Å²) < 4.78 is 11.0. The van der Waals surface area contributed by atoms with Gasteiger partial charge in [0, 0.05) is 23.4 Å². The average molecular weight is 427 g/mol. The molecule has 6 nitrogen and oxygen atoms in total. The molecule has 1 fully saturated rings. The molecule has 2 aromatic rings. The Balaban J connectivity index is 1.34. The van der Waals surface area contributed by atoms with Gasteiger partial charge >= 0.3 is 0 Å². The highest BCUT2D eigenvalue weighted by atomic mass is 35.5. The number of anilines is 1. The summed E-state index contributed by atoms with van der Waals surface area (Å²) in [6, 6.07) is 10.6. The van der Waals surface area contributed by atoms with Crippen molar-refractivity contribution in [2.24, 2.45) is 0 Å². The van der Waals surface area contributed by atoms with E-state index in [0.717, 1.165) is 18.4 Å². The van der Waals surface area contributed by atoms with Crippen LogP contribution in [0.15, 0.2) is 42.5 Å². The maximum atomic E-state index is 12.3. The molecule has 0 radical (unpaired) electrons. The number of fused-ring (bicyclic) bond motifs is 1. The number of nitrogens with one attached hydrogen (secondary N) is 2. The molecule has 1 aliphatic carbocycles. The van der Waals surface area contributed by atoms with Gasteiger partial charge in [0.2, 0.25) is 5.91 Å². The molecule has 2 amide bonds. The van der Waals surface area contributed by atoms with Crippen LogP contribution < -0.4 is 20.1 Å². The van der Waals surface area contributed by atoms with Crippen molar-refractivity contribution in [2.75, 3.05) is 18.5 Å². The molecule has 1 saturated carbocycles. The van der Waals surface area contributed by atoms with Crippen molar-refractivity contribution >= 4 is 35.2 Å². The fourth-order valence-electron chi connectivity index (χ4n) is 3.63. The van der Waals surface area contributed by atoms with Crippen molar-refractivity contribution in [1.82, 2.24) is 5.32 Å². The molecular weight excluding hydrogens is 404 g/mol. The third-order valence-electron chi connectivity index (χ3n) is 5.15. The van der Waals surface area contributed by atoms with E-state index in [1.807, 2.05) is 0 Å². The van der Waals surface area contributed by atoms with Gasteiger partial charge in [-0.25, -0.2) is 0 Å². The molecule has 0 spiro atoms.